The number of ether oxygens (including phenoxy) is 1. The SMILES string of the molecule is CC(C)(O)c1ccccc1CC[C@H](SCC(Cc1ccccc1)C(=O)O)c1cccc(OCc2ccc3ccc(Cl)cc3n2)c1. The van der Waals surface area contributed by atoms with Gasteiger partial charge in [0.1, 0.15) is 12.4 Å². The Bertz CT molecular complexity index is 1740. The summed E-state index contributed by atoms with van der Waals surface area (Å²) in [6, 6.07) is 35.4. The molecule has 0 bridgehead atoms. The number of hydrogen-bond donors (Lipinski definition) is 2. The van der Waals surface area contributed by atoms with Gasteiger partial charge >= 0.3 is 5.97 Å². The van der Waals surface area contributed by atoms with Crippen LogP contribution in [0.15, 0.2) is 109 Å². The molecule has 0 spiro atoms. The highest BCUT2D eigenvalue weighted by atomic mass is 35.5. The molecule has 7 heteroatoms. The van der Waals surface area contributed by atoms with Crippen molar-refractivity contribution in [2.24, 2.45) is 5.92 Å². The van der Waals surface area contributed by atoms with Gasteiger partial charge in [0.05, 0.1) is 22.7 Å². The number of carboxylic acid groups (broad SMARTS) is 1. The number of fused-ring (bicyclic) bond motifs is 1. The van der Waals surface area contributed by atoms with Gasteiger partial charge in [0, 0.05) is 21.4 Å². The Labute approximate surface area is 274 Å². The van der Waals surface area contributed by atoms with Gasteiger partial charge in [-0.1, -0.05) is 90.5 Å². The minimum absolute atomic E-state index is 0.0157. The minimum Gasteiger partial charge on any atom is -0.487 e. The van der Waals surface area contributed by atoms with Crippen LogP contribution < -0.4 is 4.74 Å². The molecule has 5 rings (SSSR count). The number of aromatic nitrogens is 1. The molecule has 0 amide bonds. The number of nitrogens with zero attached hydrogens (tertiary/aromatic N) is 1. The summed E-state index contributed by atoms with van der Waals surface area (Å²) >= 11 is 7.84. The molecule has 2 N–H and O–H groups in total. The van der Waals surface area contributed by atoms with Crippen LogP contribution in [0.2, 0.25) is 5.02 Å². The number of aliphatic carboxylic acids is 1. The molecule has 1 heterocycles. The third-order valence-electron chi connectivity index (χ3n) is 7.85. The smallest absolute Gasteiger partial charge is 0.307 e. The number of carbonyl (C=O) groups is 1. The molecule has 0 aliphatic carbocycles. The van der Waals surface area contributed by atoms with Crippen LogP contribution in [0.25, 0.3) is 10.9 Å². The highest BCUT2D eigenvalue weighted by Crippen LogP contribution is 2.38. The number of benzene rings is 4. The summed E-state index contributed by atoms with van der Waals surface area (Å²) in [6.07, 6.45) is 1.99. The average molecular weight is 640 g/mol. The molecule has 1 aromatic heterocycles. The molecule has 0 radical (unpaired) electrons. The molecule has 4 aromatic carbocycles. The number of pyridine rings is 1. The van der Waals surface area contributed by atoms with Crippen molar-refractivity contribution in [1.29, 1.82) is 0 Å². The zero-order chi connectivity index (χ0) is 31.8. The number of aliphatic hydroxyl groups is 1. The van der Waals surface area contributed by atoms with Gasteiger partial charge in [-0.3, -0.25) is 4.79 Å². The van der Waals surface area contributed by atoms with E-state index < -0.39 is 17.5 Å². The van der Waals surface area contributed by atoms with Crippen molar-refractivity contribution >= 4 is 40.2 Å². The van der Waals surface area contributed by atoms with Crippen LogP contribution in [0, 0.1) is 5.92 Å². The van der Waals surface area contributed by atoms with Gasteiger partial charge in [0.15, 0.2) is 0 Å². The lowest BCUT2D eigenvalue weighted by Crippen LogP contribution is -2.20. The fourth-order valence-corrected chi connectivity index (χ4v) is 7.01. The summed E-state index contributed by atoms with van der Waals surface area (Å²) in [6.45, 7) is 3.92. The molecule has 232 valence electrons. The minimum atomic E-state index is -0.959. The van der Waals surface area contributed by atoms with Crippen molar-refractivity contribution in [3.8, 4) is 5.75 Å². The van der Waals surface area contributed by atoms with E-state index in [1.165, 1.54) is 0 Å². The van der Waals surface area contributed by atoms with E-state index in [2.05, 4.69) is 12.1 Å². The predicted octanol–water partition coefficient (Wildman–Crippen LogP) is 9.05. The molecule has 0 aliphatic heterocycles. The summed E-state index contributed by atoms with van der Waals surface area (Å²) < 4.78 is 6.20. The van der Waals surface area contributed by atoms with Crippen LogP contribution in [0.4, 0.5) is 0 Å². The zero-order valence-electron chi connectivity index (χ0n) is 25.5. The van der Waals surface area contributed by atoms with E-state index in [-0.39, 0.29) is 5.25 Å². The number of halogens is 1. The average Bonchev–Trinajstić information content (AvgIpc) is 3.03. The third kappa shape index (κ3) is 9.10. The molecule has 1 unspecified atom stereocenters. The van der Waals surface area contributed by atoms with Crippen LogP contribution >= 0.6 is 23.4 Å². The highest BCUT2D eigenvalue weighted by Gasteiger charge is 2.24. The quantitative estimate of drug-likeness (QED) is 0.126. The maximum atomic E-state index is 12.3. The Morgan fingerprint density at radius 3 is 2.47 bits per heavy atom. The second-order valence-corrected chi connectivity index (χ2v) is 13.5. The topological polar surface area (TPSA) is 79.7 Å². The first kappa shape index (κ1) is 32.6. The van der Waals surface area contributed by atoms with E-state index in [0.717, 1.165) is 57.4 Å². The number of hydrogen-bond acceptors (Lipinski definition) is 5. The fourth-order valence-electron chi connectivity index (χ4n) is 5.49. The summed E-state index contributed by atoms with van der Waals surface area (Å²) in [5.74, 6) is -0.118. The van der Waals surface area contributed by atoms with Crippen LogP contribution in [0.3, 0.4) is 0 Å². The van der Waals surface area contributed by atoms with Crippen LogP contribution in [0.1, 0.15) is 53.5 Å². The molecule has 0 saturated heterocycles. The molecule has 0 saturated carbocycles. The Morgan fingerprint density at radius 2 is 1.69 bits per heavy atom. The summed E-state index contributed by atoms with van der Waals surface area (Å²) in [4.78, 5) is 17.0. The van der Waals surface area contributed by atoms with E-state index in [1.807, 2.05) is 97.1 Å². The van der Waals surface area contributed by atoms with Crippen molar-refractivity contribution in [3.05, 3.63) is 142 Å². The number of aryl methyl sites for hydroxylation is 1. The molecular formula is C38H38ClNO4S. The first-order valence-corrected chi connectivity index (χ1v) is 16.6. The zero-order valence-corrected chi connectivity index (χ0v) is 27.1. The number of rotatable bonds is 14. The monoisotopic (exact) mass is 639 g/mol. The van der Waals surface area contributed by atoms with E-state index in [0.29, 0.717) is 23.8 Å². The Balaban J connectivity index is 1.35. The highest BCUT2D eigenvalue weighted by molar-refractivity contribution is 7.99. The third-order valence-corrected chi connectivity index (χ3v) is 9.59. The first-order chi connectivity index (χ1) is 21.7. The van der Waals surface area contributed by atoms with Gasteiger partial charge < -0.3 is 14.9 Å². The van der Waals surface area contributed by atoms with Crippen LogP contribution in [-0.2, 0) is 29.8 Å². The molecule has 0 fully saturated rings. The van der Waals surface area contributed by atoms with Gasteiger partial charge in [-0.25, -0.2) is 4.98 Å². The lowest BCUT2D eigenvalue weighted by molar-refractivity contribution is -0.140. The van der Waals surface area contributed by atoms with Gasteiger partial charge in [-0.2, -0.15) is 11.8 Å². The van der Waals surface area contributed by atoms with Gasteiger partial charge in [-0.15, -0.1) is 0 Å². The van der Waals surface area contributed by atoms with E-state index in [1.54, 1.807) is 25.6 Å². The molecular weight excluding hydrogens is 602 g/mol. The maximum Gasteiger partial charge on any atom is 0.307 e. The van der Waals surface area contributed by atoms with Crippen LogP contribution in [0.5, 0.6) is 5.75 Å². The lowest BCUT2D eigenvalue weighted by atomic mass is 9.90. The Morgan fingerprint density at radius 1 is 0.933 bits per heavy atom. The lowest BCUT2D eigenvalue weighted by Gasteiger charge is -2.24. The number of thioether (sulfide) groups is 1. The first-order valence-electron chi connectivity index (χ1n) is 15.1. The summed E-state index contributed by atoms with van der Waals surface area (Å²) in [5, 5.41) is 22.5. The summed E-state index contributed by atoms with van der Waals surface area (Å²) in [5.41, 5.74) is 4.74. The normalized spacial score (nSPS) is 13.0. The van der Waals surface area contributed by atoms with Crippen molar-refractivity contribution in [3.63, 3.8) is 0 Å². The van der Waals surface area contributed by atoms with Gasteiger partial charge in [0.25, 0.3) is 0 Å². The van der Waals surface area contributed by atoms with Crippen LogP contribution in [-0.4, -0.2) is 26.9 Å². The second kappa shape index (κ2) is 15.0. The number of carboxylic acids is 1. The second-order valence-electron chi connectivity index (χ2n) is 11.8. The predicted molar refractivity (Wildman–Crippen MR) is 184 cm³/mol. The maximum absolute atomic E-state index is 12.3. The van der Waals surface area contributed by atoms with E-state index in [4.69, 9.17) is 21.3 Å². The van der Waals surface area contributed by atoms with Gasteiger partial charge in [-0.05, 0) is 85.7 Å². The van der Waals surface area contributed by atoms with Crippen molar-refractivity contribution < 1.29 is 19.7 Å². The molecule has 5 aromatic rings. The van der Waals surface area contributed by atoms with Gasteiger partial charge in [0.2, 0.25) is 0 Å². The molecule has 45 heavy (non-hydrogen) atoms. The Hall–Kier alpha value is -3.84. The van der Waals surface area contributed by atoms with E-state index >= 15 is 0 Å². The molecule has 5 nitrogen and oxygen atoms in total. The molecule has 0 aliphatic rings. The Kier molecular flexibility index (Phi) is 10.8. The standard InChI is InChI=1S/C38H38ClNO4S/c1-38(2,43)34-14-7-6-11-27(34)17-20-36(45-25-30(37(41)42)21-26-9-4-3-5-10-26)29-12-8-13-33(22-29)44-24-32-19-16-28-15-18-31(39)23-35(28)40-32/h3-16,18-19,22-23,30,36,43H,17,20-21,24-25H2,1-2H3,(H,41,42)/t30?,36-/m0/s1. The summed E-state index contributed by atoms with van der Waals surface area (Å²) in [7, 11) is 0. The van der Waals surface area contributed by atoms with Crippen molar-refractivity contribution in [1.82, 2.24) is 4.98 Å². The van der Waals surface area contributed by atoms with Crippen molar-refractivity contribution in [2.45, 2.75) is 50.6 Å². The molecule has 2 atom stereocenters. The fraction of sp³-hybridized carbons (Fsp3) is 0.263. The van der Waals surface area contributed by atoms with E-state index in [9.17, 15) is 15.0 Å². The largest absolute Gasteiger partial charge is 0.487 e. The van der Waals surface area contributed by atoms with Crippen molar-refractivity contribution in [2.75, 3.05) is 5.75 Å².